The minimum absolute atomic E-state index is 0.318. The van der Waals surface area contributed by atoms with Gasteiger partial charge in [-0.3, -0.25) is 10.0 Å². The molecule has 1 atom stereocenters. The van der Waals surface area contributed by atoms with Crippen LogP contribution in [-0.4, -0.2) is 35.3 Å². The number of thiazole rings is 1. The molecule has 1 amide bonds. The zero-order valence-electron chi connectivity index (χ0n) is 15.2. The fourth-order valence-corrected chi connectivity index (χ4v) is 3.83. The lowest BCUT2D eigenvalue weighted by Gasteiger charge is -2.14. The largest absolute Gasteiger partial charge is 0.365 e. The smallest absolute Gasteiger partial charge is 0.289 e. The fraction of sp³-hybridized carbons (Fsp3) is 0.200. The van der Waals surface area contributed by atoms with Crippen molar-refractivity contribution in [1.29, 1.82) is 0 Å². The van der Waals surface area contributed by atoms with Crippen molar-refractivity contribution in [2.75, 3.05) is 19.4 Å². The molecule has 0 aliphatic heterocycles. The van der Waals surface area contributed by atoms with E-state index in [1.165, 1.54) is 13.1 Å². The summed E-state index contributed by atoms with van der Waals surface area (Å²) < 4.78 is 14.7. The van der Waals surface area contributed by atoms with Crippen LogP contribution in [0.2, 0.25) is 0 Å². The van der Waals surface area contributed by atoms with Crippen molar-refractivity contribution in [3.05, 3.63) is 70.5 Å². The minimum Gasteiger partial charge on any atom is -0.365 e. The van der Waals surface area contributed by atoms with E-state index < -0.39 is 5.91 Å². The summed E-state index contributed by atoms with van der Waals surface area (Å²) in [6.45, 7) is 1.86. The normalized spacial score (nSPS) is 11.9. The predicted octanol–water partition coefficient (Wildman–Crippen LogP) is 4.60. The van der Waals surface area contributed by atoms with Gasteiger partial charge in [-0.15, -0.1) is 0 Å². The van der Waals surface area contributed by atoms with E-state index >= 15 is 0 Å². The van der Waals surface area contributed by atoms with Gasteiger partial charge in [-0.05, 0) is 17.2 Å². The van der Waals surface area contributed by atoms with Crippen LogP contribution in [0.25, 0.3) is 11.1 Å². The maximum absolute atomic E-state index is 14.7. The lowest BCUT2D eigenvalue weighted by Crippen LogP contribution is -2.23. The highest BCUT2D eigenvalue weighted by Gasteiger charge is 2.25. The molecule has 0 fully saturated rings. The van der Waals surface area contributed by atoms with E-state index in [0.29, 0.717) is 31.9 Å². The van der Waals surface area contributed by atoms with E-state index in [1.54, 1.807) is 13.1 Å². The van der Waals surface area contributed by atoms with Gasteiger partial charge >= 0.3 is 0 Å². The van der Waals surface area contributed by atoms with E-state index in [2.05, 4.69) is 10.3 Å². The first kappa shape index (κ1) is 19.0. The lowest BCUT2D eigenvalue weighted by atomic mass is 9.94. The molecule has 0 aliphatic rings. The van der Waals surface area contributed by atoms with Gasteiger partial charge in [-0.2, -0.15) is 0 Å². The van der Waals surface area contributed by atoms with Gasteiger partial charge in [0.05, 0.1) is 5.69 Å². The van der Waals surface area contributed by atoms with Crippen molar-refractivity contribution in [1.82, 2.24) is 10.0 Å². The van der Waals surface area contributed by atoms with Crippen LogP contribution in [0, 0.1) is 5.82 Å². The molecule has 1 unspecified atom stereocenters. The quantitative estimate of drug-likeness (QED) is 0.497. The van der Waals surface area contributed by atoms with Gasteiger partial charge in [0.1, 0.15) is 10.7 Å². The van der Waals surface area contributed by atoms with Crippen molar-refractivity contribution >= 4 is 22.4 Å². The van der Waals surface area contributed by atoms with E-state index in [1.807, 2.05) is 43.3 Å². The van der Waals surface area contributed by atoms with Crippen LogP contribution in [0.3, 0.4) is 0 Å². The molecule has 3 rings (SSSR count). The molecule has 0 bridgehead atoms. The molecular weight excluding hydrogens is 365 g/mol. The van der Waals surface area contributed by atoms with Crippen LogP contribution in [0.4, 0.5) is 9.52 Å². The van der Waals surface area contributed by atoms with E-state index in [-0.39, 0.29) is 11.7 Å². The topological polar surface area (TPSA) is 65.5 Å². The number of nitrogens with zero attached hydrogens (tertiary/aromatic N) is 2. The van der Waals surface area contributed by atoms with Crippen molar-refractivity contribution < 1.29 is 14.4 Å². The van der Waals surface area contributed by atoms with Crippen LogP contribution >= 0.6 is 11.3 Å². The number of hydrogen-bond acceptors (Lipinski definition) is 5. The predicted molar refractivity (Wildman–Crippen MR) is 105 cm³/mol. The molecule has 0 radical (unpaired) electrons. The molecule has 0 spiro atoms. The van der Waals surface area contributed by atoms with Crippen molar-refractivity contribution in [2.24, 2.45) is 0 Å². The summed E-state index contributed by atoms with van der Waals surface area (Å²) in [5.74, 6) is -1.19. The van der Waals surface area contributed by atoms with Crippen LogP contribution in [0.5, 0.6) is 0 Å². The Morgan fingerprint density at radius 2 is 1.96 bits per heavy atom. The minimum atomic E-state index is -0.544. The highest BCUT2D eigenvalue weighted by Crippen LogP contribution is 2.34. The molecule has 5 nitrogen and oxygen atoms in total. The first-order chi connectivity index (χ1) is 12.9. The van der Waals surface area contributed by atoms with Crippen LogP contribution in [0.1, 0.15) is 33.8 Å². The Morgan fingerprint density at radius 3 is 2.56 bits per heavy atom. The average molecular weight is 385 g/mol. The van der Waals surface area contributed by atoms with Crippen LogP contribution < -0.4 is 5.32 Å². The summed E-state index contributed by atoms with van der Waals surface area (Å²) in [5.41, 5.74) is 2.53. The SMILES string of the molecule is CNc1nc(C(C)c2ccc(-c3ccccc3)c(F)c2)c(C(=O)N(C)O)s1. The highest BCUT2D eigenvalue weighted by molar-refractivity contribution is 7.17. The van der Waals surface area contributed by atoms with Gasteiger partial charge in [0.2, 0.25) is 0 Å². The highest BCUT2D eigenvalue weighted by atomic mass is 32.1. The molecule has 0 saturated heterocycles. The third-order valence-electron chi connectivity index (χ3n) is 4.34. The van der Waals surface area contributed by atoms with E-state index in [4.69, 9.17) is 0 Å². The summed E-state index contributed by atoms with van der Waals surface area (Å²) in [5, 5.41) is 13.5. The molecule has 140 valence electrons. The summed E-state index contributed by atoms with van der Waals surface area (Å²) in [7, 11) is 2.97. The summed E-state index contributed by atoms with van der Waals surface area (Å²) >= 11 is 1.16. The van der Waals surface area contributed by atoms with E-state index in [9.17, 15) is 14.4 Å². The molecule has 0 saturated carbocycles. The third kappa shape index (κ3) is 3.84. The molecule has 1 heterocycles. The molecule has 0 aliphatic carbocycles. The van der Waals surface area contributed by atoms with E-state index in [0.717, 1.165) is 16.9 Å². The number of hydrogen-bond donors (Lipinski definition) is 2. The van der Waals surface area contributed by atoms with Gasteiger partial charge < -0.3 is 5.32 Å². The third-order valence-corrected chi connectivity index (χ3v) is 5.42. The van der Waals surface area contributed by atoms with Gasteiger partial charge in [0.15, 0.2) is 5.13 Å². The van der Waals surface area contributed by atoms with Crippen molar-refractivity contribution in [3.8, 4) is 11.1 Å². The number of benzene rings is 2. The van der Waals surface area contributed by atoms with Crippen molar-refractivity contribution in [2.45, 2.75) is 12.8 Å². The Morgan fingerprint density at radius 1 is 1.26 bits per heavy atom. The lowest BCUT2D eigenvalue weighted by molar-refractivity contribution is -0.0372. The zero-order valence-corrected chi connectivity index (χ0v) is 16.0. The van der Waals surface area contributed by atoms with Gasteiger partial charge in [-0.25, -0.2) is 14.4 Å². The number of hydroxylamine groups is 2. The number of rotatable bonds is 5. The molecule has 7 heteroatoms. The zero-order chi connectivity index (χ0) is 19.6. The standard InChI is InChI=1S/C20H20FN3O2S/c1-12(17-18(19(25)24(3)26)27-20(22-2)23-17)14-9-10-15(16(21)11-14)13-7-5-4-6-8-13/h4-12,26H,1-3H3,(H,22,23). The number of nitrogens with one attached hydrogen (secondary N) is 1. The summed E-state index contributed by atoms with van der Waals surface area (Å²) in [6.07, 6.45) is 0. The number of aromatic nitrogens is 1. The Kier molecular flexibility index (Phi) is 5.53. The second kappa shape index (κ2) is 7.85. The monoisotopic (exact) mass is 385 g/mol. The first-order valence-corrected chi connectivity index (χ1v) is 9.24. The van der Waals surface area contributed by atoms with Crippen LogP contribution in [0.15, 0.2) is 48.5 Å². The maximum atomic E-state index is 14.7. The van der Waals surface area contributed by atoms with Crippen molar-refractivity contribution in [3.63, 3.8) is 0 Å². The second-order valence-electron chi connectivity index (χ2n) is 6.14. The Bertz CT molecular complexity index is 957. The number of anilines is 1. The number of halogens is 1. The maximum Gasteiger partial charge on any atom is 0.289 e. The number of carbonyl (C=O) groups excluding carboxylic acids is 1. The molecular formula is C20H20FN3O2S. The molecule has 1 aromatic heterocycles. The number of amides is 1. The average Bonchev–Trinajstić information content (AvgIpc) is 3.11. The Balaban J connectivity index is 1.99. The Hall–Kier alpha value is -2.77. The molecule has 27 heavy (non-hydrogen) atoms. The van der Waals surface area contributed by atoms with Gasteiger partial charge in [0, 0.05) is 25.6 Å². The van der Waals surface area contributed by atoms with Crippen LogP contribution in [-0.2, 0) is 0 Å². The fourth-order valence-electron chi connectivity index (χ4n) is 2.84. The first-order valence-electron chi connectivity index (χ1n) is 8.42. The molecule has 3 aromatic rings. The summed E-state index contributed by atoms with van der Waals surface area (Å²) in [6, 6.07) is 14.4. The number of carbonyl (C=O) groups is 1. The summed E-state index contributed by atoms with van der Waals surface area (Å²) in [4.78, 5) is 17.0. The molecule has 2 aromatic carbocycles. The van der Waals surface area contributed by atoms with Gasteiger partial charge in [0.25, 0.3) is 5.91 Å². The Labute approximate surface area is 161 Å². The van der Waals surface area contributed by atoms with Gasteiger partial charge in [-0.1, -0.05) is 60.7 Å². The second-order valence-corrected chi connectivity index (χ2v) is 7.14. The molecule has 2 N–H and O–H groups in total.